The van der Waals surface area contributed by atoms with Gasteiger partial charge >= 0.3 is 5.97 Å². The Balaban J connectivity index is 2.12. The van der Waals surface area contributed by atoms with Crippen LogP contribution in [0.1, 0.15) is 72.3 Å². The summed E-state index contributed by atoms with van der Waals surface area (Å²) >= 11 is 0. The molecule has 0 aliphatic carbocycles. The predicted molar refractivity (Wildman–Crippen MR) is 111 cm³/mol. The molecule has 0 aromatic heterocycles. The first-order valence-electron chi connectivity index (χ1n) is 10.3. The third-order valence-corrected chi connectivity index (χ3v) is 5.84. The minimum Gasteiger partial charge on any atom is -0.480 e. The lowest BCUT2D eigenvalue weighted by Gasteiger charge is -2.31. The quantitative estimate of drug-likeness (QED) is 0.784. The molecule has 0 spiro atoms. The number of amides is 1. The molecule has 1 saturated heterocycles. The Bertz CT molecular complexity index is 834. The van der Waals surface area contributed by atoms with Crippen molar-refractivity contribution in [3.8, 4) is 0 Å². The number of aliphatic carboxylic acids is 1. The second-order valence-electron chi connectivity index (χ2n) is 7.41. The molecular formula is C24H29NO3. The summed E-state index contributed by atoms with van der Waals surface area (Å²) in [6, 6.07) is 12.5. The molecule has 4 nitrogen and oxygen atoms in total. The van der Waals surface area contributed by atoms with Crippen molar-refractivity contribution in [1.82, 2.24) is 4.90 Å². The van der Waals surface area contributed by atoms with Crippen LogP contribution in [0.15, 0.2) is 42.5 Å². The predicted octanol–water partition coefficient (Wildman–Crippen LogP) is 4.80. The van der Waals surface area contributed by atoms with Crippen LogP contribution in [0.3, 0.4) is 0 Å². The molecule has 1 fully saturated rings. The molecule has 2 atom stereocenters. The van der Waals surface area contributed by atoms with Gasteiger partial charge in [0.1, 0.15) is 6.04 Å². The number of carbonyl (C=O) groups excluding carboxylic acids is 1. The normalized spacial score (nSPS) is 19.0. The van der Waals surface area contributed by atoms with E-state index < -0.39 is 12.0 Å². The van der Waals surface area contributed by atoms with Crippen molar-refractivity contribution in [2.75, 3.05) is 0 Å². The standard InChI is InChI=1S/C24H29NO3/c1-4-16-14-17(5-2)22(18(6-3)15-16)20-12-13-21(24(27)28)25(20)23(26)19-10-8-7-9-11-19/h7-11,14-15,20-21H,4-6,12-13H2,1-3H3,(H,27,28). The molecule has 1 N–H and O–H groups in total. The summed E-state index contributed by atoms with van der Waals surface area (Å²) < 4.78 is 0. The maximum Gasteiger partial charge on any atom is 0.326 e. The number of aryl methyl sites for hydroxylation is 3. The van der Waals surface area contributed by atoms with Gasteiger partial charge in [-0.05, 0) is 66.5 Å². The molecule has 1 aliphatic rings. The molecule has 2 unspecified atom stereocenters. The average molecular weight is 380 g/mol. The zero-order valence-corrected chi connectivity index (χ0v) is 16.9. The summed E-state index contributed by atoms with van der Waals surface area (Å²) in [5.74, 6) is -1.12. The molecule has 148 valence electrons. The van der Waals surface area contributed by atoms with E-state index in [1.807, 2.05) is 18.2 Å². The van der Waals surface area contributed by atoms with E-state index in [1.54, 1.807) is 17.0 Å². The van der Waals surface area contributed by atoms with E-state index in [2.05, 4.69) is 32.9 Å². The van der Waals surface area contributed by atoms with Gasteiger partial charge < -0.3 is 10.0 Å². The van der Waals surface area contributed by atoms with Crippen molar-refractivity contribution in [3.63, 3.8) is 0 Å². The van der Waals surface area contributed by atoms with Gasteiger partial charge in [-0.3, -0.25) is 4.79 Å². The monoisotopic (exact) mass is 379 g/mol. The third-order valence-electron chi connectivity index (χ3n) is 5.84. The number of likely N-dealkylation sites (tertiary alicyclic amines) is 1. The van der Waals surface area contributed by atoms with Crippen LogP contribution in [0.4, 0.5) is 0 Å². The van der Waals surface area contributed by atoms with Crippen molar-refractivity contribution < 1.29 is 14.7 Å². The van der Waals surface area contributed by atoms with E-state index in [0.717, 1.165) is 24.8 Å². The van der Waals surface area contributed by atoms with Crippen LogP contribution in [0.25, 0.3) is 0 Å². The Labute approximate surface area is 167 Å². The Kier molecular flexibility index (Phi) is 6.18. The molecule has 0 radical (unpaired) electrons. The van der Waals surface area contributed by atoms with E-state index in [1.165, 1.54) is 16.7 Å². The van der Waals surface area contributed by atoms with Crippen molar-refractivity contribution in [2.45, 2.75) is 65.0 Å². The van der Waals surface area contributed by atoms with Gasteiger partial charge in [-0.1, -0.05) is 51.1 Å². The van der Waals surface area contributed by atoms with Crippen molar-refractivity contribution in [2.24, 2.45) is 0 Å². The Morgan fingerprint density at radius 2 is 1.57 bits per heavy atom. The second-order valence-corrected chi connectivity index (χ2v) is 7.41. The van der Waals surface area contributed by atoms with E-state index in [-0.39, 0.29) is 11.9 Å². The van der Waals surface area contributed by atoms with Gasteiger partial charge in [0.2, 0.25) is 0 Å². The summed E-state index contributed by atoms with van der Waals surface area (Å²) in [6.45, 7) is 6.41. The van der Waals surface area contributed by atoms with Crippen LogP contribution in [0, 0.1) is 0 Å². The minimum absolute atomic E-state index is 0.190. The van der Waals surface area contributed by atoms with Crippen LogP contribution < -0.4 is 0 Å². The highest BCUT2D eigenvalue weighted by molar-refractivity contribution is 5.97. The minimum atomic E-state index is -0.923. The van der Waals surface area contributed by atoms with Crippen LogP contribution in [-0.4, -0.2) is 27.9 Å². The molecular weight excluding hydrogens is 350 g/mol. The lowest BCUT2D eigenvalue weighted by Crippen LogP contribution is -2.42. The highest BCUT2D eigenvalue weighted by Gasteiger charge is 2.43. The van der Waals surface area contributed by atoms with E-state index in [0.29, 0.717) is 18.4 Å². The van der Waals surface area contributed by atoms with Gasteiger partial charge in [0.15, 0.2) is 0 Å². The number of benzene rings is 2. The second kappa shape index (κ2) is 8.59. The van der Waals surface area contributed by atoms with E-state index in [4.69, 9.17) is 0 Å². The highest BCUT2D eigenvalue weighted by Crippen LogP contribution is 2.41. The van der Waals surface area contributed by atoms with Gasteiger partial charge in [0, 0.05) is 5.56 Å². The Morgan fingerprint density at radius 1 is 0.964 bits per heavy atom. The molecule has 1 aliphatic heterocycles. The number of rotatable bonds is 6. The van der Waals surface area contributed by atoms with E-state index >= 15 is 0 Å². The van der Waals surface area contributed by atoms with Gasteiger partial charge in [-0.2, -0.15) is 0 Å². The van der Waals surface area contributed by atoms with Crippen LogP contribution in [0.5, 0.6) is 0 Å². The number of carboxylic acids is 1. The van der Waals surface area contributed by atoms with Gasteiger partial charge in [-0.25, -0.2) is 4.79 Å². The summed E-state index contributed by atoms with van der Waals surface area (Å²) in [5, 5.41) is 9.79. The number of nitrogens with zero attached hydrogens (tertiary/aromatic N) is 1. The molecule has 0 bridgehead atoms. The van der Waals surface area contributed by atoms with Crippen LogP contribution in [0.2, 0.25) is 0 Å². The first-order valence-corrected chi connectivity index (χ1v) is 10.3. The molecule has 2 aromatic rings. The number of carboxylic acid groups (broad SMARTS) is 1. The van der Waals surface area contributed by atoms with E-state index in [9.17, 15) is 14.7 Å². The van der Waals surface area contributed by atoms with Crippen molar-refractivity contribution >= 4 is 11.9 Å². The fourth-order valence-corrected chi connectivity index (χ4v) is 4.42. The summed E-state index contributed by atoms with van der Waals surface area (Å²) in [6.07, 6.45) is 3.88. The Morgan fingerprint density at radius 3 is 2.07 bits per heavy atom. The number of hydrogen-bond acceptors (Lipinski definition) is 2. The maximum atomic E-state index is 13.3. The zero-order valence-electron chi connectivity index (χ0n) is 16.9. The SMILES string of the molecule is CCc1cc(CC)c(C2CCC(C(=O)O)N2C(=O)c2ccccc2)c(CC)c1. The molecule has 1 amide bonds. The lowest BCUT2D eigenvalue weighted by atomic mass is 9.88. The van der Waals surface area contributed by atoms with Gasteiger partial charge in [0.25, 0.3) is 5.91 Å². The lowest BCUT2D eigenvalue weighted by molar-refractivity contribution is -0.141. The number of carbonyl (C=O) groups is 2. The van der Waals surface area contributed by atoms with Crippen molar-refractivity contribution in [3.05, 3.63) is 70.3 Å². The maximum absolute atomic E-state index is 13.3. The summed E-state index contributed by atoms with van der Waals surface area (Å²) in [4.78, 5) is 26.9. The smallest absolute Gasteiger partial charge is 0.326 e. The molecule has 3 rings (SSSR count). The average Bonchev–Trinajstić information content (AvgIpc) is 3.17. The first kappa shape index (κ1) is 20.1. The summed E-state index contributed by atoms with van der Waals surface area (Å²) in [7, 11) is 0. The topological polar surface area (TPSA) is 57.6 Å². The van der Waals surface area contributed by atoms with Crippen LogP contribution >= 0.6 is 0 Å². The fourth-order valence-electron chi connectivity index (χ4n) is 4.42. The van der Waals surface area contributed by atoms with Gasteiger partial charge in [0.05, 0.1) is 6.04 Å². The van der Waals surface area contributed by atoms with Crippen molar-refractivity contribution in [1.29, 1.82) is 0 Å². The molecule has 28 heavy (non-hydrogen) atoms. The third kappa shape index (κ3) is 3.68. The number of hydrogen-bond donors (Lipinski definition) is 1. The highest BCUT2D eigenvalue weighted by atomic mass is 16.4. The summed E-state index contributed by atoms with van der Waals surface area (Å²) in [5.41, 5.74) is 5.47. The molecule has 4 heteroatoms. The molecule has 2 aromatic carbocycles. The first-order chi connectivity index (χ1) is 13.5. The molecule has 0 saturated carbocycles. The Hall–Kier alpha value is -2.62. The van der Waals surface area contributed by atoms with Crippen LogP contribution in [-0.2, 0) is 24.1 Å². The fraction of sp³-hybridized carbons (Fsp3) is 0.417. The van der Waals surface area contributed by atoms with Gasteiger partial charge in [-0.15, -0.1) is 0 Å². The molecule has 1 heterocycles. The largest absolute Gasteiger partial charge is 0.480 e. The zero-order chi connectivity index (χ0) is 20.3.